The van der Waals surface area contributed by atoms with E-state index in [0.29, 0.717) is 5.56 Å². The van der Waals surface area contributed by atoms with Crippen LogP contribution < -0.4 is 5.73 Å². The van der Waals surface area contributed by atoms with E-state index in [9.17, 15) is 23.6 Å². The molecule has 0 spiro atoms. The van der Waals surface area contributed by atoms with E-state index in [-0.39, 0.29) is 13.1 Å². The van der Waals surface area contributed by atoms with Crippen molar-refractivity contribution in [3.63, 3.8) is 0 Å². The van der Waals surface area contributed by atoms with Crippen LogP contribution in [0.4, 0.5) is 5.69 Å². The first-order valence-electron chi connectivity index (χ1n) is 7.42. The number of nitro benzene ring substituents is 1. The molecule has 10 heteroatoms. The fraction of sp³-hybridized carbons (Fsp3) is 0.333. The predicted octanol–water partition coefficient (Wildman–Crippen LogP) is 1.73. The molecule has 0 aliphatic heterocycles. The molecule has 0 fully saturated rings. The molecule has 1 aromatic heterocycles. The first-order valence-corrected chi connectivity index (χ1v) is 9.81. The summed E-state index contributed by atoms with van der Waals surface area (Å²) in [4.78, 5) is 10.0. The van der Waals surface area contributed by atoms with Crippen LogP contribution in [0.25, 0.3) is 0 Å². The molecule has 2 aromatic rings. The van der Waals surface area contributed by atoms with Gasteiger partial charge in [-0.15, -0.1) is 0 Å². The number of rotatable bonds is 8. The number of sulfonamides is 1. The van der Waals surface area contributed by atoms with Crippen molar-refractivity contribution >= 4 is 27.0 Å². The van der Waals surface area contributed by atoms with E-state index in [1.807, 2.05) is 0 Å². The highest BCUT2D eigenvalue weighted by atomic mass is 32.2. The van der Waals surface area contributed by atoms with Crippen LogP contribution >= 0.6 is 11.3 Å². The van der Waals surface area contributed by atoms with E-state index in [4.69, 9.17) is 5.73 Å². The maximum absolute atomic E-state index is 13.0. The first-order chi connectivity index (χ1) is 11.7. The lowest BCUT2D eigenvalue weighted by atomic mass is 10.2. The van der Waals surface area contributed by atoms with Gasteiger partial charge in [-0.2, -0.15) is 15.6 Å². The lowest BCUT2D eigenvalue weighted by Gasteiger charge is -2.26. The lowest BCUT2D eigenvalue weighted by Crippen LogP contribution is -2.42. The fourth-order valence-corrected chi connectivity index (χ4v) is 4.73. The summed E-state index contributed by atoms with van der Waals surface area (Å²) < 4.78 is 26.9. The molecule has 3 N–H and O–H groups in total. The van der Waals surface area contributed by atoms with Gasteiger partial charge in [0.15, 0.2) is 4.90 Å². The van der Waals surface area contributed by atoms with Gasteiger partial charge in [0, 0.05) is 25.2 Å². The Labute approximate surface area is 149 Å². The minimum absolute atomic E-state index is 0.0738. The molecule has 0 saturated heterocycles. The standard InChI is InChI=1S/C15H19N3O5S2/c1-11(16)8-17(9-14(19)12-6-7-24-10-12)25(22,23)15-5-3-2-4-13(15)18(20)21/h2-7,10-11,14,19H,8-9,16H2,1H3/t11-,14+/m1/s1. The fourth-order valence-electron chi connectivity index (χ4n) is 2.32. The average molecular weight is 385 g/mol. The predicted molar refractivity (Wildman–Crippen MR) is 94.8 cm³/mol. The monoisotopic (exact) mass is 385 g/mol. The Hall–Kier alpha value is -1.85. The van der Waals surface area contributed by atoms with Crippen molar-refractivity contribution in [2.75, 3.05) is 13.1 Å². The molecule has 0 bridgehead atoms. The number of para-hydroxylation sites is 1. The van der Waals surface area contributed by atoms with Crippen LogP contribution in [-0.2, 0) is 10.0 Å². The maximum atomic E-state index is 13.0. The van der Waals surface area contributed by atoms with E-state index in [1.165, 1.54) is 29.5 Å². The number of aliphatic hydroxyl groups is 1. The van der Waals surface area contributed by atoms with E-state index in [1.54, 1.807) is 23.8 Å². The number of benzene rings is 1. The highest BCUT2D eigenvalue weighted by molar-refractivity contribution is 7.89. The zero-order valence-corrected chi connectivity index (χ0v) is 15.1. The summed E-state index contributed by atoms with van der Waals surface area (Å²) in [7, 11) is -4.20. The SMILES string of the molecule is C[C@@H](N)CN(C[C@H](O)c1ccsc1)S(=O)(=O)c1ccccc1[N+](=O)[O-]. The molecule has 0 unspecified atom stereocenters. The molecular weight excluding hydrogens is 366 g/mol. The number of nitrogens with zero attached hydrogens (tertiary/aromatic N) is 2. The number of thiophene rings is 1. The Bertz CT molecular complexity index is 821. The average Bonchev–Trinajstić information content (AvgIpc) is 3.08. The van der Waals surface area contributed by atoms with Crippen LogP contribution in [-0.4, -0.2) is 41.9 Å². The van der Waals surface area contributed by atoms with Crippen molar-refractivity contribution in [2.24, 2.45) is 5.73 Å². The van der Waals surface area contributed by atoms with Gasteiger partial charge in [-0.3, -0.25) is 10.1 Å². The number of aliphatic hydroxyl groups excluding tert-OH is 1. The summed E-state index contributed by atoms with van der Waals surface area (Å²) in [5.74, 6) is 0. The van der Waals surface area contributed by atoms with Crippen molar-refractivity contribution in [1.82, 2.24) is 4.31 Å². The molecule has 8 nitrogen and oxygen atoms in total. The maximum Gasteiger partial charge on any atom is 0.289 e. The summed E-state index contributed by atoms with van der Waals surface area (Å²) in [6.45, 7) is 1.31. The van der Waals surface area contributed by atoms with Gasteiger partial charge < -0.3 is 10.8 Å². The van der Waals surface area contributed by atoms with Crippen LogP contribution in [0.2, 0.25) is 0 Å². The molecule has 2 rings (SSSR count). The largest absolute Gasteiger partial charge is 0.387 e. The third kappa shape index (κ3) is 4.61. The third-order valence-corrected chi connectivity index (χ3v) is 6.06. The minimum atomic E-state index is -4.20. The second-order valence-electron chi connectivity index (χ2n) is 5.60. The second kappa shape index (κ2) is 8.02. The summed E-state index contributed by atoms with van der Waals surface area (Å²) in [6, 6.07) is 6.31. The summed E-state index contributed by atoms with van der Waals surface area (Å²) in [6.07, 6.45) is -1.05. The van der Waals surface area contributed by atoms with E-state index in [2.05, 4.69) is 0 Å². The van der Waals surface area contributed by atoms with Gasteiger partial charge in [0.25, 0.3) is 5.69 Å². The van der Waals surface area contributed by atoms with E-state index < -0.39 is 37.7 Å². The first kappa shape index (κ1) is 19.5. The molecule has 1 heterocycles. The molecule has 1 aromatic carbocycles. The molecule has 0 aliphatic carbocycles. The zero-order valence-electron chi connectivity index (χ0n) is 13.5. The van der Waals surface area contributed by atoms with E-state index in [0.717, 1.165) is 10.4 Å². The van der Waals surface area contributed by atoms with Gasteiger partial charge in [0.2, 0.25) is 10.0 Å². The summed E-state index contributed by atoms with van der Waals surface area (Å²) in [5.41, 5.74) is 5.81. The van der Waals surface area contributed by atoms with Crippen LogP contribution in [0.15, 0.2) is 46.0 Å². The highest BCUT2D eigenvalue weighted by Crippen LogP contribution is 2.28. The Balaban J connectivity index is 2.41. The molecule has 0 amide bonds. The van der Waals surface area contributed by atoms with Gasteiger partial charge in [-0.05, 0) is 35.4 Å². The van der Waals surface area contributed by atoms with Crippen molar-refractivity contribution in [3.05, 3.63) is 56.8 Å². The minimum Gasteiger partial charge on any atom is -0.387 e. The van der Waals surface area contributed by atoms with Gasteiger partial charge in [0.1, 0.15) is 0 Å². The van der Waals surface area contributed by atoms with Crippen LogP contribution in [0.1, 0.15) is 18.6 Å². The second-order valence-corrected chi connectivity index (χ2v) is 8.28. The number of hydrogen-bond acceptors (Lipinski definition) is 7. The Morgan fingerprint density at radius 1 is 1.32 bits per heavy atom. The Kier molecular flexibility index (Phi) is 6.25. The molecule has 136 valence electrons. The Morgan fingerprint density at radius 2 is 2.00 bits per heavy atom. The van der Waals surface area contributed by atoms with Crippen molar-refractivity contribution in [1.29, 1.82) is 0 Å². The smallest absolute Gasteiger partial charge is 0.289 e. The van der Waals surface area contributed by atoms with Crippen molar-refractivity contribution in [3.8, 4) is 0 Å². The van der Waals surface area contributed by atoms with Crippen LogP contribution in [0.3, 0.4) is 0 Å². The lowest BCUT2D eigenvalue weighted by molar-refractivity contribution is -0.387. The van der Waals surface area contributed by atoms with Gasteiger partial charge in [-0.25, -0.2) is 8.42 Å². The normalized spacial score (nSPS) is 14.4. The molecule has 2 atom stereocenters. The van der Waals surface area contributed by atoms with Crippen molar-refractivity contribution < 1.29 is 18.4 Å². The number of nitro groups is 1. The molecule has 0 saturated carbocycles. The van der Waals surface area contributed by atoms with Crippen molar-refractivity contribution in [2.45, 2.75) is 24.0 Å². The highest BCUT2D eigenvalue weighted by Gasteiger charge is 2.33. The molecule has 0 radical (unpaired) electrons. The van der Waals surface area contributed by atoms with Gasteiger partial charge in [0.05, 0.1) is 11.0 Å². The zero-order chi connectivity index (χ0) is 18.6. The topological polar surface area (TPSA) is 127 Å². The molecule has 0 aliphatic rings. The Morgan fingerprint density at radius 3 is 2.56 bits per heavy atom. The van der Waals surface area contributed by atoms with Crippen LogP contribution in [0.5, 0.6) is 0 Å². The number of nitrogens with two attached hydrogens (primary N) is 1. The molecular formula is C15H19N3O5S2. The summed E-state index contributed by atoms with van der Waals surface area (Å²) >= 11 is 1.38. The quantitative estimate of drug-likeness (QED) is 0.526. The summed E-state index contributed by atoms with van der Waals surface area (Å²) in [5, 5.41) is 25.0. The van der Waals surface area contributed by atoms with Gasteiger partial charge in [-0.1, -0.05) is 12.1 Å². The molecule has 25 heavy (non-hydrogen) atoms. The van der Waals surface area contributed by atoms with Gasteiger partial charge >= 0.3 is 0 Å². The number of hydrogen-bond donors (Lipinski definition) is 2. The van der Waals surface area contributed by atoms with E-state index >= 15 is 0 Å². The third-order valence-electron chi connectivity index (χ3n) is 3.48. The van der Waals surface area contributed by atoms with Crippen LogP contribution in [0, 0.1) is 10.1 Å².